The average molecular weight is 487 g/mol. The van der Waals surface area contributed by atoms with Crippen LogP contribution in [0.3, 0.4) is 0 Å². The first-order chi connectivity index (χ1) is 17.6. The van der Waals surface area contributed by atoms with Gasteiger partial charge in [0.15, 0.2) is 0 Å². The predicted molar refractivity (Wildman–Crippen MR) is 163 cm³/mol. The van der Waals surface area contributed by atoms with E-state index in [4.69, 9.17) is 0 Å². The summed E-state index contributed by atoms with van der Waals surface area (Å²) in [6, 6.07) is 26.8. The second-order valence-corrected chi connectivity index (χ2v) is 9.91. The van der Waals surface area contributed by atoms with Crippen molar-refractivity contribution in [2.75, 3.05) is 0 Å². The Morgan fingerprint density at radius 3 is 1.00 bits per heavy atom. The molecule has 0 heteroatoms. The lowest BCUT2D eigenvalue weighted by atomic mass is 10.00. The summed E-state index contributed by atoms with van der Waals surface area (Å²) < 4.78 is 0. The first-order valence-electron chi connectivity index (χ1n) is 14.8. The minimum absolute atomic E-state index is 1.21. The molecule has 0 saturated heterocycles. The third-order valence-electron chi connectivity index (χ3n) is 6.33. The standard InChI is InChI=1S/3C12H18/c1-3-7-11-9-5-6-10-12(11)8-4-2;1-3-6-11-8-5-9-12(10-11)7-4-2;1-3-5-11-7-9-12(6-4-2)10-8-11/h5-6,9-10H,3-4,7-8H2,1-2H3;5,8-10H,3-4,6-7H2,1-2H3;7-10H,3-6H2,1-2H3. The minimum Gasteiger partial charge on any atom is -0.0651 e. The summed E-state index contributed by atoms with van der Waals surface area (Å²) in [4.78, 5) is 0. The molecule has 0 saturated carbocycles. The van der Waals surface area contributed by atoms with Crippen LogP contribution in [0.5, 0.6) is 0 Å². The van der Waals surface area contributed by atoms with Gasteiger partial charge in [0.1, 0.15) is 0 Å². The van der Waals surface area contributed by atoms with Crippen LogP contribution in [-0.4, -0.2) is 0 Å². The van der Waals surface area contributed by atoms with Crippen molar-refractivity contribution in [2.45, 2.75) is 119 Å². The zero-order valence-corrected chi connectivity index (χ0v) is 24.4. The molecule has 0 unspecified atom stereocenters. The van der Waals surface area contributed by atoms with Gasteiger partial charge in [-0.05, 0) is 71.9 Å². The Balaban J connectivity index is 0.000000270. The molecular weight excluding hydrogens is 432 g/mol. The van der Waals surface area contributed by atoms with Crippen LogP contribution >= 0.6 is 0 Å². The van der Waals surface area contributed by atoms with Crippen molar-refractivity contribution in [2.24, 2.45) is 0 Å². The van der Waals surface area contributed by atoms with Crippen molar-refractivity contribution in [3.05, 3.63) is 106 Å². The number of aryl methyl sites for hydroxylation is 6. The van der Waals surface area contributed by atoms with E-state index in [1.54, 1.807) is 11.1 Å². The molecule has 0 N–H and O–H groups in total. The maximum Gasteiger partial charge on any atom is -0.0279 e. The first kappa shape index (κ1) is 31.7. The second kappa shape index (κ2) is 20.8. The highest BCUT2D eigenvalue weighted by molar-refractivity contribution is 5.27. The van der Waals surface area contributed by atoms with Gasteiger partial charge in [0.25, 0.3) is 0 Å². The SMILES string of the molecule is CCCc1ccc(CCC)cc1.CCCc1cccc(CCC)c1.CCCc1ccccc1CCC. The molecule has 3 rings (SSSR count). The molecule has 0 aromatic heterocycles. The third-order valence-corrected chi connectivity index (χ3v) is 6.33. The van der Waals surface area contributed by atoms with Crippen LogP contribution in [0.2, 0.25) is 0 Å². The fourth-order valence-electron chi connectivity index (χ4n) is 4.55. The fraction of sp³-hybridized carbons (Fsp3) is 0.500. The van der Waals surface area contributed by atoms with Crippen LogP contribution in [0.4, 0.5) is 0 Å². The summed E-state index contributed by atoms with van der Waals surface area (Å²) in [5.74, 6) is 0. The summed E-state index contributed by atoms with van der Waals surface area (Å²) in [7, 11) is 0. The summed E-state index contributed by atoms with van der Waals surface area (Å²) in [6.45, 7) is 13.4. The van der Waals surface area contributed by atoms with Crippen LogP contribution < -0.4 is 0 Å². The number of hydrogen-bond donors (Lipinski definition) is 0. The lowest BCUT2D eigenvalue weighted by Crippen LogP contribution is -1.92. The molecule has 36 heavy (non-hydrogen) atoms. The van der Waals surface area contributed by atoms with E-state index in [0.717, 1.165) is 0 Å². The molecule has 0 aliphatic rings. The number of benzene rings is 3. The van der Waals surface area contributed by atoms with E-state index in [-0.39, 0.29) is 0 Å². The van der Waals surface area contributed by atoms with E-state index in [2.05, 4.69) is 114 Å². The van der Waals surface area contributed by atoms with Crippen molar-refractivity contribution in [3.8, 4) is 0 Å². The summed E-state index contributed by atoms with van der Waals surface area (Å²) in [6.07, 6.45) is 14.8. The minimum atomic E-state index is 1.21. The van der Waals surface area contributed by atoms with E-state index in [0.29, 0.717) is 0 Å². The highest BCUT2D eigenvalue weighted by atomic mass is 14.0. The van der Waals surface area contributed by atoms with E-state index < -0.39 is 0 Å². The zero-order chi connectivity index (χ0) is 26.4. The van der Waals surface area contributed by atoms with E-state index >= 15 is 0 Å². The van der Waals surface area contributed by atoms with Crippen molar-refractivity contribution in [1.82, 2.24) is 0 Å². The summed E-state index contributed by atoms with van der Waals surface area (Å²) in [5, 5.41) is 0. The predicted octanol–water partition coefficient (Wildman–Crippen LogP) is 10.8. The van der Waals surface area contributed by atoms with Crippen LogP contribution in [-0.2, 0) is 38.5 Å². The summed E-state index contributed by atoms with van der Waals surface area (Å²) >= 11 is 0. The largest absolute Gasteiger partial charge is 0.0651 e. The van der Waals surface area contributed by atoms with Gasteiger partial charge in [-0.1, -0.05) is 153 Å². The van der Waals surface area contributed by atoms with Gasteiger partial charge in [-0.25, -0.2) is 0 Å². The molecule has 0 aliphatic carbocycles. The van der Waals surface area contributed by atoms with Gasteiger partial charge in [0.2, 0.25) is 0 Å². The lowest BCUT2D eigenvalue weighted by molar-refractivity contribution is 0.861. The maximum atomic E-state index is 2.34. The van der Waals surface area contributed by atoms with Crippen LogP contribution in [0.25, 0.3) is 0 Å². The monoisotopic (exact) mass is 486 g/mol. The third kappa shape index (κ3) is 13.7. The van der Waals surface area contributed by atoms with Gasteiger partial charge < -0.3 is 0 Å². The van der Waals surface area contributed by atoms with Crippen LogP contribution in [0, 0.1) is 0 Å². The van der Waals surface area contributed by atoms with E-state index in [1.807, 2.05) is 0 Å². The van der Waals surface area contributed by atoms with Crippen molar-refractivity contribution in [1.29, 1.82) is 0 Å². The van der Waals surface area contributed by atoms with Crippen molar-refractivity contribution in [3.63, 3.8) is 0 Å². The number of rotatable bonds is 12. The highest BCUT2D eigenvalue weighted by Crippen LogP contribution is 2.13. The van der Waals surface area contributed by atoms with Crippen LogP contribution in [0.15, 0.2) is 72.8 Å². The molecular formula is C36H54. The van der Waals surface area contributed by atoms with E-state index in [9.17, 15) is 0 Å². The van der Waals surface area contributed by atoms with Gasteiger partial charge >= 0.3 is 0 Å². The molecule has 0 heterocycles. The molecule has 198 valence electrons. The Kier molecular flexibility index (Phi) is 18.3. The second-order valence-electron chi connectivity index (χ2n) is 9.91. The highest BCUT2D eigenvalue weighted by Gasteiger charge is 1.98. The Labute approximate surface area is 224 Å². The zero-order valence-electron chi connectivity index (χ0n) is 24.4. The Morgan fingerprint density at radius 2 is 0.667 bits per heavy atom. The molecule has 0 bridgehead atoms. The van der Waals surface area contributed by atoms with Crippen molar-refractivity contribution >= 4 is 0 Å². The lowest BCUT2D eigenvalue weighted by Gasteiger charge is -2.06. The first-order valence-corrected chi connectivity index (χ1v) is 14.8. The average Bonchev–Trinajstić information content (AvgIpc) is 2.89. The normalized spacial score (nSPS) is 10.2. The smallest absolute Gasteiger partial charge is 0.0279 e. The topological polar surface area (TPSA) is 0 Å². The molecule has 0 fully saturated rings. The molecule has 0 radical (unpaired) electrons. The van der Waals surface area contributed by atoms with Gasteiger partial charge in [0.05, 0.1) is 0 Å². The van der Waals surface area contributed by atoms with Gasteiger partial charge in [-0.2, -0.15) is 0 Å². The van der Waals surface area contributed by atoms with Gasteiger partial charge in [0, 0.05) is 0 Å². The Morgan fingerprint density at radius 1 is 0.333 bits per heavy atom. The quantitative estimate of drug-likeness (QED) is 0.239. The fourth-order valence-corrected chi connectivity index (χ4v) is 4.55. The summed E-state index contributed by atoms with van der Waals surface area (Å²) in [5.41, 5.74) is 9.00. The number of hydrogen-bond acceptors (Lipinski definition) is 0. The molecule has 0 nitrogen and oxygen atoms in total. The molecule has 3 aromatic rings. The molecule has 0 aliphatic heterocycles. The Hall–Kier alpha value is -2.34. The molecule has 0 atom stereocenters. The van der Waals surface area contributed by atoms with E-state index in [1.165, 1.54) is 99.3 Å². The molecule has 0 spiro atoms. The Bertz CT molecular complexity index is 832. The maximum absolute atomic E-state index is 2.34. The molecule has 3 aromatic carbocycles. The van der Waals surface area contributed by atoms with Gasteiger partial charge in [-0.3, -0.25) is 0 Å². The van der Waals surface area contributed by atoms with Gasteiger partial charge in [-0.15, -0.1) is 0 Å². The molecule has 0 amide bonds. The van der Waals surface area contributed by atoms with Crippen LogP contribution in [0.1, 0.15) is 113 Å². The van der Waals surface area contributed by atoms with Crippen molar-refractivity contribution < 1.29 is 0 Å².